The molecule has 1 atom stereocenters. The van der Waals surface area contributed by atoms with Crippen LogP contribution in [0.25, 0.3) is 0 Å². The molecule has 0 amide bonds. The lowest BCUT2D eigenvalue weighted by Gasteiger charge is -2.28. The van der Waals surface area contributed by atoms with Crippen LogP contribution in [0.4, 0.5) is 0 Å². The minimum Gasteiger partial charge on any atom is -0.496 e. The van der Waals surface area contributed by atoms with Gasteiger partial charge in [0.25, 0.3) is 0 Å². The molecule has 17 heavy (non-hydrogen) atoms. The normalized spacial score (nSPS) is 13.9. The molecule has 0 aliphatic heterocycles. The van der Waals surface area contributed by atoms with Crippen molar-refractivity contribution in [1.82, 2.24) is 0 Å². The summed E-state index contributed by atoms with van der Waals surface area (Å²) in [5.41, 5.74) is 7.17. The van der Waals surface area contributed by atoms with Crippen LogP contribution in [-0.2, 0) is 0 Å². The predicted molar refractivity (Wildman–Crippen MR) is 70.3 cm³/mol. The van der Waals surface area contributed by atoms with Gasteiger partial charge in [-0.2, -0.15) is 0 Å². The lowest BCUT2D eigenvalue weighted by molar-refractivity contribution is 0.0508. The van der Waals surface area contributed by atoms with E-state index in [-0.39, 0.29) is 0 Å². The van der Waals surface area contributed by atoms with E-state index in [4.69, 9.17) is 10.5 Å². The maximum atomic E-state index is 10.0. The van der Waals surface area contributed by atoms with Crippen molar-refractivity contribution in [3.05, 3.63) is 29.3 Å². The van der Waals surface area contributed by atoms with Gasteiger partial charge in [-0.15, -0.1) is 0 Å². The average Bonchev–Trinajstić information content (AvgIpc) is 2.25. The van der Waals surface area contributed by atoms with Crippen LogP contribution in [0.15, 0.2) is 18.2 Å². The Balaban J connectivity index is 3.23. The molecule has 0 aromatic heterocycles. The highest BCUT2D eigenvalue weighted by atomic mass is 16.5. The number of ether oxygens (including phenoxy) is 1. The molecule has 0 spiro atoms. The zero-order chi connectivity index (χ0) is 13.2. The Morgan fingerprint density at radius 1 is 1.29 bits per heavy atom. The standard InChI is InChI=1S/C14H23NO2/c1-9(2)10-6-7-12(17-5)11(8-10)13(15)14(3,4)16/h6-9,13,16H,15H2,1-5H3. The number of rotatable bonds is 4. The number of nitrogens with two attached hydrogens (primary N) is 1. The Bertz CT molecular complexity index is 380. The minimum atomic E-state index is -0.969. The number of hydrogen-bond donors (Lipinski definition) is 2. The second-order valence-electron chi connectivity index (χ2n) is 5.29. The van der Waals surface area contributed by atoms with Gasteiger partial charge in [0.2, 0.25) is 0 Å². The average molecular weight is 237 g/mol. The molecule has 1 unspecified atom stereocenters. The highest BCUT2D eigenvalue weighted by Crippen LogP contribution is 2.32. The number of methoxy groups -OCH3 is 1. The quantitative estimate of drug-likeness (QED) is 0.846. The second kappa shape index (κ2) is 5.07. The summed E-state index contributed by atoms with van der Waals surface area (Å²) in [5.74, 6) is 1.15. The molecule has 0 heterocycles. The van der Waals surface area contributed by atoms with E-state index in [0.29, 0.717) is 5.92 Å². The molecule has 0 aliphatic carbocycles. The van der Waals surface area contributed by atoms with Crippen molar-refractivity contribution in [3.63, 3.8) is 0 Å². The van der Waals surface area contributed by atoms with E-state index >= 15 is 0 Å². The van der Waals surface area contributed by atoms with Gasteiger partial charge in [0, 0.05) is 5.56 Å². The first kappa shape index (κ1) is 14.0. The summed E-state index contributed by atoms with van der Waals surface area (Å²) in [6.45, 7) is 7.67. The molecule has 3 N–H and O–H groups in total. The van der Waals surface area contributed by atoms with E-state index in [1.54, 1.807) is 21.0 Å². The van der Waals surface area contributed by atoms with Crippen molar-refractivity contribution < 1.29 is 9.84 Å². The summed E-state index contributed by atoms with van der Waals surface area (Å²) in [6.07, 6.45) is 0. The Morgan fingerprint density at radius 2 is 1.88 bits per heavy atom. The van der Waals surface area contributed by atoms with Gasteiger partial charge in [-0.3, -0.25) is 0 Å². The highest BCUT2D eigenvalue weighted by molar-refractivity contribution is 5.41. The van der Waals surface area contributed by atoms with Crippen LogP contribution in [0.2, 0.25) is 0 Å². The third kappa shape index (κ3) is 3.20. The van der Waals surface area contributed by atoms with Gasteiger partial charge in [0.1, 0.15) is 5.75 Å². The van der Waals surface area contributed by atoms with Crippen molar-refractivity contribution in [1.29, 1.82) is 0 Å². The van der Waals surface area contributed by atoms with E-state index in [0.717, 1.165) is 11.3 Å². The Kier molecular flexibility index (Phi) is 4.17. The first-order valence-electron chi connectivity index (χ1n) is 5.93. The summed E-state index contributed by atoms with van der Waals surface area (Å²) >= 11 is 0. The number of aliphatic hydroxyl groups is 1. The summed E-state index contributed by atoms with van der Waals surface area (Å²) in [4.78, 5) is 0. The van der Waals surface area contributed by atoms with Crippen LogP contribution in [0.3, 0.4) is 0 Å². The molecule has 1 aromatic rings. The first-order chi connectivity index (χ1) is 7.77. The first-order valence-corrected chi connectivity index (χ1v) is 5.93. The van der Waals surface area contributed by atoms with E-state index in [1.165, 1.54) is 5.56 Å². The van der Waals surface area contributed by atoms with Crippen molar-refractivity contribution in [2.75, 3.05) is 7.11 Å². The summed E-state index contributed by atoms with van der Waals surface area (Å²) in [6, 6.07) is 5.50. The van der Waals surface area contributed by atoms with Crippen LogP contribution >= 0.6 is 0 Å². The van der Waals surface area contributed by atoms with Gasteiger partial charge >= 0.3 is 0 Å². The fourth-order valence-corrected chi connectivity index (χ4v) is 1.74. The minimum absolute atomic E-state index is 0.425. The molecule has 3 heteroatoms. The van der Waals surface area contributed by atoms with E-state index < -0.39 is 11.6 Å². The van der Waals surface area contributed by atoms with Crippen LogP contribution < -0.4 is 10.5 Å². The van der Waals surface area contributed by atoms with Crippen molar-refractivity contribution in [2.45, 2.75) is 45.3 Å². The lowest BCUT2D eigenvalue weighted by Crippen LogP contribution is -2.35. The third-order valence-electron chi connectivity index (χ3n) is 3.02. The lowest BCUT2D eigenvalue weighted by atomic mass is 9.89. The Morgan fingerprint density at radius 3 is 2.29 bits per heavy atom. The molecule has 0 aliphatic rings. The maximum absolute atomic E-state index is 10.0. The zero-order valence-corrected chi connectivity index (χ0v) is 11.3. The Labute approximate surface area is 104 Å². The molecule has 0 radical (unpaired) electrons. The zero-order valence-electron chi connectivity index (χ0n) is 11.3. The van der Waals surface area contributed by atoms with Crippen LogP contribution in [0.1, 0.15) is 50.8 Å². The summed E-state index contributed by atoms with van der Waals surface area (Å²) in [5, 5.41) is 10.0. The fourth-order valence-electron chi connectivity index (χ4n) is 1.74. The van der Waals surface area contributed by atoms with Gasteiger partial charge in [0.15, 0.2) is 0 Å². The molecule has 1 aromatic carbocycles. The topological polar surface area (TPSA) is 55.5 Å². The van der Waals surface area contributed by atoms with Crippen LogP contribution in [0.5, 0.6) is 5.75 Å². The third-order valence-corrected chi connectivity index (χ3v) is 3.02. The molecular weight excluding hydrogens is 214 g/mol. The van der Waals surface area contributed by atoms with E-state index in [1.807, 2.05) is 18.2 Å². The van der Waals surface area contributed by atoms with E-state index in [2.05, 4.69) is 13.8 Å². The predicted octanol–water partition coefficient (Wildman–Crippen LogP) is 2.59. The summed E-state index contributed by atoms with van der Waals surface area (Å²) < 4.78 is 5.31. The summed E-state index contributed by atoms with van der Waals surface area (Å²) in [7, 11) is 1.62. The fraction of sp³-hybridized carbons (Fsp3) is 0.571. The SMILES string of the molecule is COc1ccc(C(C)C)cc1C(N)C(C)(C)O. The van der Waals surface area contributed by atoms with Crippen molar-refractivity contribution in [2.24, 2.45) is 5.73 Å². The molecule has 0 bridgehead atoms. The molecule has 0 saturated carbocycles. The molecule has 96 valence electrons. The highest BCUT2D eigenvalue weighted by Gasteiger charge is 2.27. The monoisotopic (exact) mass is 237 g/mol. The molecule has 3 nitrogen and oxygen atoms in total. The van der Waals surface area contributed by atoms with Crippen LogP contribution in [0, 0.1) is 0 Å². The molecular formula is C14H23NO2. The Hall–Kier alpha value is -1.06. The molecule has 0 fully saturated rings. The van der Waals surface area contributed by atoms with Gasteiger partial charge in [-0.25, -0.2) is 0 Å². The molecule has 1 rings (SSSR count). The maximum Gasteiger partial charge on any atom is 0.123 e. The van der Waals surface area contributed by atoms with Crippen LogP contribution in [-0.4, -0.2) is 17.8 Å². The number of hydrogen-bond acceptors (Lipinski definition) is 3. The number of benzene rings is 1. The smallest absolute Gasteiger partial charge is 0.123 e. The van der Waals surface area contributed by atoms with Gasteiger partial charge in [-0.1, -0.05) is 26.0 Å². The van der Waals surface area contributed by atoms with Crippen molar-refractivity contribution >= 4 is 0 Å². The molecule has 0 saturated heterocycles. The van der Waals surface area contributed by atoms with E-state index in [9.17, 15) is 5.11 Å². The van der Waals surface area contributed by atoms with Gasteiger partial charge in [0.05, 0.1) is 18.8 Å². The van der Waals surface area contributed by atoms with Crippen molar-refractivity contribution in [3.8, 4) is 5.75 Å². The van der Waals surface area contributed by atoms with Gasteiger partial charge < -0.3 is 15.6 Å². The van der Waals surface area contributed by atoms with Gasteiger partial charge in [-0.05, 0) is 31.4 Å². The second-order valence-corrected chi connectivity index (χ2v) is 5.29. The largest absolute Gasteiger partial charge is 0.496 e.